The molecule has 1 heterocycles. The largest absolute Gasteiger partial charge is 0.493 e. The van der Waals surface area contributed by atoms with Crippen molar-refractivity contribution in [3.8, 4) is 11.5 Å². The summed E-state index contributed by atoms with van der Waals surface area (Å²) in [6.45, 7) is 3.09. The van der Waals surface area contributed by atoms with Gasteiger partial charge >= 0.3 is 6.18 Å². The summed E-state index contributed by atoms with van der Waals surface area (Å²) in [5.74, 6) is -0.581. The van der Waals surface area contributed by atoms with Crippen LogP contribution >= 0.6 is 23.8 Å². The van der Waals surface area contributed by atoms with Gasteiger partial charge in [0.05, 0.1) is 24.3 Å². The summed E-state index contributed by atoms with van der Waals surface area (Å²) in [5, 5.41) is 12.2. The smallest absolute Gasteiger partial charge is 0.416 e. The number of hydrogen-bond acceptors (Lipinski definition) is 5. The lowest BCUT2D eigenvalue weighted by Crippen LogP contribution is -2.45. The molecule has 1 unspecified atom stereocenters. The molecule has 220 valence electrons. The quantitative estimate of drug-likeness (QED) is 0.226. The average molecular weight is 619 g/mol. The van der Waals surface area contributed by atoms with Gasteiger partial charge in [-0.1, -0.05) is 29.8 Å². The number of nitrogens with one attached hydrogen (secondary N) is 4. The Hall–Kier alpha value is -4.29. The number of ether oxygens (including phenoxy) is 2. The van der Waals surface area contributed by atoms with Crippen LogP contribution in [0.15, 0.2) is 71.9 Å². The highest BCUT2D eigenvalue weighted by Gasteiger charge is 2.32. The molecule has 0 radical (unpaired) electrons. The molecular formula is C29H26ClF3N4O4S. The van der Waals surface area contributed by atoms with E-state index in [1.54, 1.807) is 43.3 Å². The van der Waals surface area contributed by atoms with Gasteiger partial charge in [0.2, 0.25) is 0 Å². The second-order valence-electron chi connectivity index (χ2n) is 9.31. The molecule has 42 heavy (non-hydrogen) atoms. The van der Waals surface area contributed by atoms with Crippen molar-refractivity contribution in [3.63, 3.8) is 0 Å². The minimum Gasteiger partial charge on any atom is -0.493 e. The molecule has 0 aliphatic carbocycles. The summed E-state index contributed by atoms with van der Waals surface area (Å²) in [4.78, 5) is 25.9. The van der Waals surface area contributed by atoms with Crippen LogP contribution in [0.2, 0.25) is 5.02 Å². The maximum atomic E-state index is 13.5. The van der Waals surface area contributed by atoms with Crippen LogP contribution in [0.3, 0.4) is 0 Å². The van der Waals surface area contributed by atoms with E-state index in [0.717, 1.165) is 17.7 Å². The number of carbonyl (C=O) groups is 2. The molecule has 0 aromatic heterocycles. The zero-order valence-electron chi connectivity index (χ0n) is 22.6. The fourth-order valence-electron chi connectivity index (χ4n) is 4.26. The zero-order chi connectivity index (χ0) is 30.6. The number of carbonyl (C=O) groups excluding carboxylic acids is 2. The van der Waals surface area contributed by atoms with Crippen LogP contribution in [-0.2, 0) is 15.8 Å². The maximum absolute atomic E-state index is 13.5. The molecule has 1 aliphatic rings. The molecule has 13 heteroatoms. The molecule has 0 saturated carbocycles. The second-order valence-corrected chi connectivity index (χ2v) is 10.2. The highest BCUT2D eigenvalue weighted by atomic mass is 35.5. The Morgan fingerprint density at radius 1 is 1.02 bits per heavy atom. The number of thiocarbonyl (C=S) groups is 1. The van der Waals surface area contributed by atoms with E-state index in [4.69, 9.17) is 33.3 Å². The summed E-state index contributed by atoms with van der Waals surface area (Å²) in [7, 11) is 1.41. The summed E-state index contributed by atoms with van der Waals surface area (Å²) < 4.78 is 50.0. The maximum Gasteiger partial charge on any atom is 0.416 e. The number of hydrogen-bond donors (Lipinski definition) is 4. The molecule has 1 atom stereocenters. The second kappa shape index (κ2) is 12.7. The average Bonchev–Trinajstić information content (AvgIpc) is 2.93. The zero-order valence-corrected chi connectivity index (χ0v) is 24.2. The number of anilines is 2. The molecule has 0 spiro atoms. The summed E-state index contributed by atoms with van der Waals surface area (Å²) >= 11 is 11.5. The van der Waals surface area contributed by atoms with Crippen molar-refractivity contribution < 1.29 is 32.2 Å². The minimum atomic E-state index is -4.54. The number of methoxy groups -OCH3 is 1. The molecule has 3 aromatic carbocycles. The highest BCUT2D eigenvalue weighted by molar-refractivity contribution is 7.80. The Bertz CT molecular complexity index is 1580. The number of rotatable bonds is 8. The molecule has 0 fully saturated rings. The van der Waals surface area contributed by atoms with Gasteiger partial charge in [0, 0.05) is 22.1 Å². The van der Waals surface area contributed by atoms with E-state index in [-0.39, 0.29) is 23.1 Å². The van der Waals surface area contributed by atoms with Crippen molar-refractivity contribution in [3.05, 3.63) is 93.6 Å². The lowest BCUT2D eigenvalue weighted by Gasteiger charge is -2.31. The Labute approximate surface area is 250 Å². The summed E-state index contributed by atoms with van der Waals surface area (Å²) in [6, 6.07) is 13.7. The monoisotopic (exact) mass is 618 g/mol. The lowest BCUT2D eigenvalue weighted by atomic mass is 9.94. The van der Waals surface area contributed by atoms with Crippen LogP contribution in [0, 0.1) is 6.92 Å². The fourth-order valence-corrected chi connectivity index (χ4v) is 4.70. The summed E-state index contributed by atoms with van der Waals surface area (Å²) in [6.07, 6.45) is -4.54. The van der Waals surface area contributed by atoms with Gasteiger partial charge in [-0.2, -0.15) is 13.2 Å². The number of benzene rings is 3. The minimum absolute atomic E-state index is 0.0189. The molecule has 3 aromatic rings. The number of alkyl halides is 3. The molecule has 8 nitrogen and oxygen atoms in total. The molecule has 0 saturated heterocycles. The van der Waals surface area contributed by atoms with Crippen LogP contribution in [0.1, 0.15) is 29.7 Å². The number of aryl methyl sites for hydroxylation is 1. The molecule has 4 rings (SSSR count). The van der Waals surface area contributed by atoms with E-state index in [2.05, 4.69) is 21.3 Å². The predicted octanol–water partition coefficient (Wildman–Crippen LogP) is 6.12. The SMILES string of the molecule is COc1cc(C2NC(=S)NC(C)=C2C(=O)Nc2cc(Cl)ccc2C)ccc1OCC(=O)Nc1cccc(C(F)(F)F)c1. The van der Waals surface area contributed by atoms with Gasteiger partial charge < -0.3 is 30.7 Å². The fraction of sp³-hybridized carbons (Fsp3) is 0.207. The van der Waals surface area contributed by atoms with Crippen LogP contribution in [0.25, 0.3) is 0 Å². The number of halogens is 4. The normalized spacial score (nSPS) is 14.9. The van der Waals surface area contributed by atoms with Gasteiger partial charge in [-0.25, -0.2) is 0 Å². The van der Waals surface area contributed by atoms with Gasteiger partial charge in [0.15, 0.2) is 23.2 Å². The van der Waals surface area contributed by atoms with Gasteiger partial charge in [-0.3, -0.25) is 9.59 Å². The van der Waals surface area contributed by atoms with Gasteiger partial charge in [0.1, 0.15) is 0 Å². The van der Waals surface area contributed by atoms with Crippen LogP contribution in [0.5, 0.6) is 11.5 Å². The lowest BCUT2D eigenvalue weighted by molar-refractivity contribution is -0.137. The Kier molecular flexibility index (Phi) is 9.27. The van der Waals surface area contributed by atoms with E-state index in [0.29, 0.717) is 32.7 Å². The molecule has 4 N–H and O–H groups in total. The van der Waals surface area contributed by atoms with Gasteiger partial charge in [-0.05, 0) is 79.7 Å². The van der Waals surface area contributed by atoms with E-state index in [9.17, 15) is 22.8 Å². The Morgan fingerprint density at radius 3 is 2.50 bits per heavy atom. The van der Waals surface area contributed by atoms with E-state index in [1.807, 2.05) is 6.92 Å². The van der Waals surface area contributed by atoms with Gasteiger partial charge in [-0.15, -0.1) is 0 Å². The van der Waals surface area contributed by atoms with E-state index < -0.39 is 30.3 Å². The van der Waals surface area contributed by atoms with Crippen molar-refractivity contribution in [2.45, 2.75) is 26.1 Å². The third-order valence-corrected chi connectivity index (χ3v) is 6.77. The molecule has 2 amide bonds. The first-order valence-electron chi connectivity index (χ1n) is 12.5. The molecule has 0 bridgehead atoms. The first-order chi connectivity index (χ1) is 19.8. The van der Waals surface area contributed by atoms with Gasteiger partial charge in [0.25, 0.3) is 11.8 Å². The third kappa shape index (κ3) is 7.31. The van der Waals surface area contributed by atoms with Crippen molar-refractivity contribution in [1.82, 2.24) is 10.6 Å². The first-order valence-corrected chi connectivity index (χ1v) is 13.3. The van der Waals surface area contributed by atoms with E-state index in [1.165, 1.54) is 19.2 Å². The van der Waals surface area contributed by atoms with Crippen LogP contribution in [0.4, 0.5) is 24.5 Å². The topological polar surface area (TPSA) is 101 Å². The highest BCUT2D eigenvalue weighted by Crippen LogP contribution is 2.35. The predicted molar refractivity (Wildman–Crippen MR) is 158 cm³/mol. The summed E-state index contributed by atoms with van der Waals surface area (Å²) in [5.41, 5.74) is 2.02. The Balaban J connectivity index is 1.51. The first kappa shape index (κ1) is 30.7. The molecule has 1 aliphatic heterocycles. The standard InChI is InChI=1S/C29H26ClF3N4O4S/c1-15-7-9-19(30)13-21(15)36-27(39)25-16(2)34-28(42)37-26(25)17-8-10-22(23(11-17)40-3)41-14-24(38)35-20-6-4-5-18(12-20)29(31,32)33/h4-13,26H,14H2,1-3H3,(H,35,38)(H,36,39)(H2,34,37,42). The van der Waals surface area contributed by atoms with Crippen molar-refractivity contribution in [1.29, 1.82) is 0 Å². The van der Waals surface area contributed by atoms with Crippen molar-refractivity contribution >= 4 is 52.1 Å². The third-order valence-electron chi connectivity index (χ3n) is 6.32. The van der Waals surface area contributed by atoms with Crippen molar-refractivity contribution in [2.24, 2.45) is 0 Å². The van der Waals surface area contributed by atoms with E-state index >= 15 is 0 Å². The van der Waals surface area contributed by atoms with Crippen LogP contribution < -0.4 is 30.7 Å². The number of amides is 2. The number of allylic oxidation sites excluding steroid dienone is 1. The molecular weight excluding hydrogens is 593 g/mol. The van der Waals surface area contributed by atoms with Crippen LogP contribution in [-0.4, -0.2) is 30.6 Å². The Morgan fingerprint density at radius 2 is 1.79 bits per heavy atom. The van der Waals surface area contributed by atoms with Crippen molar-refractivity contribution in [2.75, 3.05) is 24.4 Å².